The molecule has 0 aromatic carbocycles. The summed E-state index contributed by atoms with van der Waals surface area (Å²) in [5.74, 6) is 6.27. The van der Waals surface area contributed by atoms with E-state index >= 15 is 0 Å². The van der Waals surface area contributed by atoms with Gasteiger partial charge in [-0.05, 0) is 34.6 Å². The first kappa shape index (κ1) is 13.3. The minimum Gasteiger partial charge on any atom is -0.369 e. The number of rotatable bonds is 1. The van der Waals surface area contributed by atoms with E-state index in [1.807, 2.05) is 13.8 Å². The lowest BCUT2D eigenvalue weighted by molar-refractivity contribution is -0.113. The molecule has 0 bridgehead atoms. The van der Waals surface area contributed by atoms with Gasteiger partial charge in [-0.25, -0.2) is 10.8 Å². The van der Waals surface area contributed by atoms with Crippen LogP contribution in [0.4, 0.5) is 0 Å². The van der Waals surface area contributed by atoms with Crippen LogP contribution < -0.4 is 11.3 Å². The number of nitrogens with one attached hydrogen (secondary N) is 1. The highest BCUT2D eigenvalue weighted by molar-refractivity contribution is 5.79. The molecule has 1 saturated heterocycles. The fourth-order valence-electron chi connectivity index (χ4n) is 2.07. The molecule has 1 heterocycles. The Morgan fingerprint density at radius 3 is 2.62 bits per heavy atom. The quantitative estimate of drug-likeness (QED) is 0.300. The number of nitrogens with two attached hydrogens (primary N) is 1. The van der Waals surface area contributed by atoms with Crippen LogP contribution in [0.15, 0.2) is 4.99 Å². The molecule has 94 valence electrons. The van der Waals surface area contributed by atoms with E-state index < -0.39 is 0 Å². The number of nitrogens with zero attached hydrogens (tertiary/aromatic N) is 2. The largest absolute Gasteiger partial charge is 0.369 e. The molecule has 3 N–H and O–H groups in total. The molecule has 5 heteroatoms. The number of hydrazine groups is 1. The molecule has 1 aliphatic rings. The topological polar surface area (TPSA) is 62.9 Å². The second-order valence-corrected chi connectivity index (χ2v) is 5.26. The Morgan fingerprint density at radius 2 is 2.19 bits per heavy atom. The molecule has 0 aromatic rings. The Balaban J connectivity index is 2.78. The molecule has 1 fully saturated rings. The summed E-state index contributed by atoms with van der Waals surface area (Å²) >= 11 is 0. The zero-order valence-electron chi connectivity index (χ0n) is 10.9. The van der Waals surface area contributed by atoms with Gasteiger partial charge in [-0.15, -0.1) is 0 Å². The fraction of sp³-hybridized carbons (Fsp3) is 0.909. The fourth-order valence-corrected chi connectivity index (χ4v) is 2.07. The molecule has 0 saturated carbocycles. The predicted octanol–water partition coefficient (Wildman–Crippen LogP) is 0.713. The zero-order chi connectivity index (χ0) is 12.3. The van der Waals surface area contributed by atoms with E-state index in [0.29, 0.717) is 0 Å². The van der Waals surface area contributed by atoms with Crippen LogP contribution in [0.25, 0.3) is 0 Å². The van der Waals surface area contributed by atoms with Crippen molar-refractivity contribution in [2.45, 2.75) is 52.4 Å². The second kappa shape index (κ2) is 5.01. The molecule has 0 aromatic heterocycles. The molecular formula is C11H24N4O. The SMILES string of the molecule is CC(C)N=C(NN)N1CC(C)OC(C)(C)C1. The average Bonchev–Trinajstić information content (AvgIpc) is 2.10. The third kappa shape index (κ3) is 3.64. The van der Waals surface area contributed by atoms with Gasteiger partial charge in [0.1, 0.15) is 0 Å². The highest BCUT2D eigenvalue weighted by Crippen LogP contribution is 2.20. The first-order chi connectivity index (χ1) is 7.34. The third-order valence-electron chi connectivity index (χ3n) is 2.38. The van der Waals surface area contributed by atoms with Crippen LogP contribution in [-0.2, 0) is 4.74 Å². The summed E-state index contributed by atoms with van der Waals surface area (Å²) < 4.78 is 5.84. The summed E-state index contributed by atoms with van der Waals surface area (Å²) in [5, 5.41) is 0. The van der Waals surface area contributed by atoms with Crippen molar-refractivity contribution in [2.24, 2.45) is 10.8 Å². The van der Waals surface area contributed by atoms with Crippen LogP contribution >= 0.6 is 0 Å². The summed E-state index contributed by atoms with van der Waals surface area (Å²) in [6, 6.07) is 0.229. The van der Waals surface area contributed by atoms with Crippen molar-refractivity contribution in [3.8, 4) is 0 Å². The number of aliphatic imine (C=N–C) groups is 1. The average molecular weight is 228 g/mol. The molecule has 0 amide bonds. The van der Waals surface area contributed by atoms with Gasteiger partial charge >= 0.3 is 0 Å². The Morgan fingerprint density at radius 1 is 1.56 bits per heavy atom. The van der Waals surface area contributed by atoms with Crippen molar-refractivity contribution in [1.82, 2.24) is 10.3 Å². The van der Waals surface area contributed by atoms with Crippen LogP contribution in [0.5, 0.6) is 0 Å². The van der Waals surface area contributed by atoms with Crippen molar-refractivity contribution in [3.63, 3.8) is 0 Å². The van der Waals surface area contributed by atoms with E-state index in [1.54, 1.807) is 0 Å². The Kier molecular flexibility index (Phi) is 4.15. The lowest BCUT2D eigenvalue weighted by Gasteiger charge is -2.42. The number of hydrogen-bond donors (Lipinski definition) is 2. The molecule has 0 radical (unpaired) electrons. The lowest BCUT2D eigenvalue weighted by atomic mass is 10.1. The molecule has 1 rings (SSSR count). The minimum atomic E-state index is -0.160. The summed E-state index contributed by atoms with van der Waals surface area (Å²) in [7, 11) is 0. The van der Waals surface area contributed by atoms with E-state index in [0.717, 1.165) is 19.0 Å². The number of ether oxygens (including phenoxy) is 1. The Hall–Kier alpha value is -0.810. The second-order valence-electron chi connectivity index (χ2n) is 5.26. The molecule has 0 aliphatic carbocycles. The summed E-state index contributed by atoms with van der Waals surface area (Å²) in [5.41, 5.74) is 2.52. The van der Waals surface area contributed by atoms with Gasteiger partial charge in [-0.2, -0.15) is 0 Å². The zero-order valence-corrected chi connectivity index (χ0v) is 10.9. The Labute approximate surface area is 98.0 Å². The summed E-state index contributed by atoms with van der Waals surface area (Å²) in [4.78, 5) is 6.62. The first-order valence-electron chi connectivity index (χ1n) is 5.81. The predicted molar refractivity (Wildman–Crippen MR) is 66.1 cm³/mol. The molecule has 1 aliphatic heterocycles. The van der Waals surface area contributed by atoms with E-state index in [4.69, 9.17) is 10.6 Å². The van der Waals surface area contributed by atoms with Crippen LogP contribution in [0.3, 0.4) is 0 Å². The van der Waals surface area contributed by atoms with Crippen LogP contribution in [0.2, 0.25) is 0 Å². The van der Waals surface area contributed by atoms with Crippen molar-refractivity contribution < 1.29 is 4.74 Å². The van der Waals surface area contributed by atoms with Gasteiger partial charge in [-0.3, -0.25) is 5.43 Å². The molecule has 5 nitrogen and oxygen atoms in total. The van der Waals surface area contributed by atoms with E-state index in [2.05, 4.69) is 36.1 Å². The van der Waals surface area contributed by atoms with Gasteiger partial charge in [0.15, 0.2) is 0 Å². The van der Waals surface area contributed by atoms with Crippen molar-refractivity contribution in [3.05, 3.63) is 0 Å². The maximum absolute atomic E-state index is 5.84. The van der Waals surface area contributed by atoms with Crippen molar-refractivity contribution in [2.75, 3.05) is 13.1 Å². The highest BCUT2D eigenvalue weighted by atomic mass is 16.5. The van der Waals surface area contributed by atoms with Crippen LogP contribution in [-0.4, -0.2) is 41.7 Å². The summed E-state index contributed by atoms with van der Waals surface area (Å²) in [6.45, 7) is 11.9. The van der Waals surface area contributed by atoms with E-state index in [9.17, 15) is 0 Å². The molecule has 1 atom stereocenters. The summed E-state index contributed by atoms with van der Waals surface area (Å²) in [6.07, 6.45) is 0.189. The maximum atomic E-state index is 5.84. The van der Waals surface area contributed by atoms with E-state index in [1.165, 1.54) is 0 Å². The van der Waals surface area contributed by atoms with Crippen molar-refractivity contribution >= 4 is 5.96 Å². The number of guanidine groups is 1. The van der Waals surface area contributed by atoms with Gasteiger partial charge < -0.3 is 9.64 Å². The normalized spacial score (nSPS) is 26.1. The molecular weight excluding hydrogens is 204 g/mol. The number of morpholine rings is 1. The van der Waals surface area contributed by atoms with Gasteiger partial charge in [0.05, 0.1) is 11.7 Å². The minimum absolute atomic E-state index is 0.160. The van der Waals surface area contributed by atoms with Crippen LogP contribution in [0.1, 0.15) is 34.6 Å². The smallest absolute Gasteiger partial charge is 0.208 e. The standard InChI is InChI=1S/C11H24N4O/c1-8(2)13-10(14-12)15-6-9(3)16-11(4,5)7-15/h8-9H,6-7,12H2,1-5H3,(H,13,14). The highest BCUT2D eigenvalue weighted by Gasteiger charge is 2.32. The molecule has 0 spiro atoms. The lowest BCUT2D eigenvalue weighted by Crippen LogP contribution is -2.58. The van der Waals surface area contributed by atoms with Gasteiger partial charge in [0.25, 0.3) is 0 Å². The Bertz CT molecular complexity index is 263. The molecule has 16 heavy (non-hydrogen) atoms. The van der Waals surface area contributed by atoms with Gasteiger partial charge in [0.2, 0.25) is 5.96 Å². The number of hydrogen-bond acceptors (Lipinski definition) is 3. The van der Waals surface area contributed by atoms with Crippen molar-refractivity contribution in [1.29, 1.82) is 0 Å². The van der Waals surface area contributed by atoms with Gasteiger partial charge in [-0.1, -0.05) is 0 Å². The first-order valence-corrected chi connectivity index (χ1v) is 5.81. The molecule has 1 unspecified atom stereocenters. The van der Waals surface area contributed by atoms with Crippen LogP contribution in [0, 0.1) is 0 Å². The monoisotopic (exact) mass is 228 g/mol. The van der Waals surface area contributed by atoms with E-state index in [-0.39, 0.29) is 17.7 Å². The maximum Gasteiger partial charge on any atom is 0.208 e. The van der Waals surface area contributed by atoms with Gasteiger partial charge in [0, 0.05) is 19.1 Å². The third-order valence-corrected chi connectivity index (χ3v) is 2.38.